The lowest BCUT2D eigenvalue weighted by atomic mass is 10.2. The van der Waals surface area contributed by atoms with Gasteiger partial charge in [0.25, 0.3) is 0 Å². The molecular weight excluding hydrogens is 242 g/mol. The third kappa shape index (κ3) is 2.08. The van der Waals surface area contributed by atoms with Gasteiger partial charge in [0.05, 0.1) is 12.7 Å². The van der Waals surface area contributed by atoms with Crippen LogP contribution in [0.25, 0.3) is 11.2 Å². The van der Waals surface area contributed by atoms with Crippen LogP contribution in [0, 0.1) is 0 Å². The zero-order chi connectivity index (χ0) is 13.3. The number of rotatable bonds is 4. The van der Waals surface area contributed by atoms with Gasteiger partial charge in [-0.15, -0.1) is 0 Å². The van der Waals surface area contributed by atoms with Gasteiger partial charge in [0.2, 0.25) is 5.95 Å². The molecule has 0 aliphatic rings. The number of imidazole rings is 1. The van der Waals surface area contributed by atoms with Crippen molar-refractivity contribution in [1.29, 1.82) is 0 Å². The molecule has 2 atom stereocenters. The molecule has 0 aliphatic heterocycles. The van der Waals surface area contributed by atoms with E-state index in [1.807, 2.05) is 0 Å². The molecule has 9 nitrogen and oxygen atoms in total. The highest BCUT2D eigenvalue weighted by molar-refractivity contribution is 5.74. The Labute approximate surface area is 101 Å². The van der Waals surface area contributed by atoms with Crippen molar-refractivity contribution in [2.45, 2.75) is 18.8 Å². The molecule has 96 valence electrons. The molecule has 0 amide bonds. The molecule has 9 heteroatoms. The van der Waals surface area contributed by atoms with Gasteiger partial charge in [-0.05, 0) is 0 Å². The third-order valence-electron chi connectivity index (χ3n) is 2.43. The number of carboxylic acids is 1. The number of aliphatic carboxylic acids is 1. The fourth-order valence-corrected chi connectivity index (χ4v) is 1.53. The maximum atomic E-state index is 10.5. The van der Waals surface area contributed by atoms with Gasteiger partial charge in [0.1, 0.15) is 17.9 Å². The van der Waals surface area contributed by atoms with Crippen molar-refractivity contribution in [3.63, 3.8) is 0 Å². The Kier molecular flexibility index (Phi) is 3.08. The van der Waals surface area contributed by atoms with E-state index in [1.54, 1.807) is 0 Å². The van der Waals surface area contributed by atoms with Crippen molar-refractivity contribution in [2.75, 3.05) is 5.73 Å². The fourth-order valence-electron chi connectivity index (χ4n) is 1.53. The number of nitrogen functional groups attached to an aromatic ring is 1. The number of nitrogens with two attached hydrogens (primary N) is 1. The Hall–Kier alpha value is -2.26. The van der Waals surface area contributed by atoms with Gasteiger partial charge in [0.15, 0.2) is 11.8 Å². The van der Waals surface area contributed by atoms with E-state index in [1.165, 1.54) is 17.1 Å². The average Bonchev–Trinajstić information content (AvgIpc) is 2.65. The summed E-state index contributed by atoms with van der Waals surface area (Å²) < 4.78 is 1.31. The van der Waals surface area contributed by atoms with Crippen LogP contribution in [-0.4, -0.2) is 53.0 Å². The first kappa shape index (κ1) is 12.2. The van der Waals surface area contributed by atoms with Crippen molar-refractivity contribution in [3.05, 3.63) is 12.5 Å². The van der Waals surface area contributed by atoms with Crippen LogP contribution in [0.4, 0.5) is 5.95 Å². The number of anilines is 1. The quantitative estimate of drug-likeness (QED) is 0.499. The van der Waals surface area contributed by atoms with Crippen LogP contribution in [0.1, 0.15) is 0 Å². The van der Waals surface area contributed by atoms with E-state index in [4.69, 9.17) is 10.8 Å². The normalized spacial score (nSPS) is 14.6. The van der Waals surface area contributed by atoms with E-state index < -0.39 is 18.2 Å². The summed E-state index contributed by atoms with van der Waals surface area (Å²) in [6, 6.07) is 0. The second-order valence-corrected chi connectivity index (χ2v) is 3.66. The van der Waals surface area contributed by atoms with Crippen molar-refractivity contribution < 1.29 is 20.1 Å². The summed E-state index contributed by atoms with van der Waals surface area (Å²) in [7, 11) is 0. The van der Waals surface area contributed by atoms with Crippen LogP contribution in [0.3, 0.4) is 0 Å². The van der Waals surface area contributed by atoms with Gasteiger partial charge in [0, 0.05) is 0 Å². The Morgan fingerprint density at radius 2 is 2.22 bits per heavy atom. The maximum Gasteiger partial charge on any atom is 0.335 e. The van der Waals surface area contributed by atoms with Crippen molar-refractivity contribution in [1.82, 2.24) is 19.5 Å². The molecule has 2 heterocycles. The monoisotopic (exact) mass is 253 g/mol. The summed E-state index contributed by atoms with van der Waals surface area (Å²) in [4.78, 5) is 22.2. The predicted molar refractivity (Wildman–Crippen MR) is 59.4 cm³/mol. The molecule has 2 aromatic rings. The van der Waals surface area contributed by atoms with Crippen LogP contribution < -0.4 is 5.73 Å². The van der Waals surface area contributed by atoms with Gasteiger partial charge in [-0.3, -0.25) is 4.57 Å². The predicted octanol–water partition coefficient (Wildman–Crippen LogP) is -1.79. The third-order valence-corrected chi connectivity index (χ3v) is 2.43. The van der Waals surface area contributed by atoms with Crippen molar-refractivity contribution in [3.8, 4) is 0 Å². The number of aliphatic hydroxyl groups excluding tert-OH is 2. The standard InChI is InChI=1S/C9H11N5O4/c10-9-13-4-1-11-3-12-7(4)14(9)2-5(15)6(16)8(17)18/h1,3,5-6,15-16H,2H2,(H2,10,13)(H,17,18)/t5-,6-/m1/s1. The summed E-state index contributed by atoms with van der Waals surface area (Å²) >= 11 is 0. The van der Waals surface area contributed by atoms with E-state index in [2.05, 4.69) is 15.0 Å². The number of carbonyl (C=O) groups is 1. The maximum absolute atomic E-state index is 10.5. The van der Waals surface area contributed by atoms with Crippen LogP contribution in [-0.2, 0) is 11.3 Å². The van der Waals surface area contributed by atoms with Gasteiger partial charge in [-0.2, -0.15) is 0 Å². The lowest BCUT2D eigenvalue weighted by Crippen LogP contribution is -2.37. The number of hydrogen-bond donors (Lipinski definition) is 4. The molecule has 0 radical (unpaired) electrons. The molecular formula is C9H11N5O4. The minimum Gasteiger partial charge on any atom is -0.479 e. The SMILES string of the molecule is Nc1nc2cncnc2n1C[C@@H](O)[C@@H](O)C(=O)O. The Morgan fingerprint density at radius 1 is 1.50 bits per heavy atom. The fraction of sp³-hybridized carbons (Fsp3) is 0.333. The molecule has 0 bridgehead atoms. The zero-order valence-corrected chi connectivity index (χ0v) is 9.13. The molecule has 0 unspecified atom stereocenters. The number of aromatic nitrogens is 4. The van der Waals surface area contributed by atoms with E-state index in [-0.39, 0.29) is 12.5 Å². The lowest BCUT2D eigenvalue weighted by molar-refractivity contribution is -0.153. The molecule has 0 saturated carbocycles. The van der Waals surface area contributed by atoms with Crippen LogP contribution in [0.15, 0.2) is 12.5 Å². The molecule has 0 aromatic carbocycles. The molecule has 0 fully saturated rings. The van der Waals surface area contributed by atoms with Gasteiger partial charge < -0.3 is 21.1 Å². The molecule has 0 saturated heterocycles. The van der Waals surface area contributed by atoms with E-state index in [0.717, 1.165) is 0 Å². The molecule has 2 aromatic heterocycles. The van der Waals surface area contributed by atoms with E-state index >= 15 is 0 Å². The Morgan fingerprint density at radius 3 is 2.89 bits per heavy atom. The lowest BCUT2D eigenvalue weighted by Gasteiger charge is -2.15. The molecule has 2 rings (SSSR count). The number of fused-ring (bicyclic) bond motifs is 1. The minimum atomic E-state index is -1.90. The van der Waals surface area contributed by atoms with Gasteiger partial charge in [-0.1, -0.05) is 0 Å². The van der Waals surface area contributed by atoms with Gasteiger partial charge >= 0.3 is 5.97 Å². The minimum absolute atomic E-state index is 0.0575. The molecule has 0 aliphatic carbocycles. The number of aliphatic hydroxyl groups is 2. The molecule has 5 N–H and O–H groups in total. The van der Waals surface area contributed by atoms with Crippen LogP contribution >= 0.6 is 0 Å². The van der Waals surface area contributed by atoms with Crippen molar-refractivity contribution >= 4 is 23.1 Å². The summed E-state index contributed by atoms with van der Waals surface area (Å²) in [5.41, 5.74) is 6.41. The van der Waals surface area contributed by atoms with Gasteiger partial charge in [-0.25, -0.2) is 19.7 Å². The highest BCUT2D eigenvalue weighted by Gasteiger charge is 2.25. The Balaban J connectivity index is 2.31. The van der Waals surface area contributed by atoms with E-state index in [0.29, 0.717) is 11.2 Å². The zero-order valence-electron chi connectivity index (χ0n) is 9.13. The summed E-state index contributed by atoms with van der Waals surface area (Å²) in [5, 5.41) is 27.3. The van der Waals surface area contributed by atoms with Crippen LogP contribution in [0.5, 0.6) is 0 Å². The highest BCUT2D eigenvalue weighted by atomic mass is 16.4. The highest BCUT2D eigenvalue weighted by Crippen LogP contribution is 2.15. The molecule has 0 spiro atoms. The summed E-state index contributed by atoms with van der Waals surface area (Å²) in [5.74, 6) is -1.46. The first-order chi connectivity index (χ1) is 8.50. The van der Waals surface area contributed by atoms with E-state index in [9.17, 15) is 15.0 Å². The number of hydrogen-bond acceptors (Lipinski definition) is 7. The average molecular weight is 253 g/mol. The first-order valence-corrected chi connectivity index (χ1v) is 5.01. The Bertz CT molecular complexity index is 583. The first-order valence-electron chi connectivity index (χ1n) is 5.01. The number of nitrogens with zero attached hydrogens (tertiary/aromatic N) is 4. The molecule has 18 heavy (non-hydrogen) atoms. The largest absolute Gasteiger partial charge is 0.479 e. The topological polar surface area (TPSA) is 147 Å². The second-order valence-electron chi connectivity index (χ2n) is 3.66. The smallest absolute Gasteiger partial charge is 0.335 e. The second kappa shape index (κ2) is 4.55. The summed E-state index contributed by atoms with van der Waals surface area (Å²) in [6.07, 6.45) is -0.698. The number of carboxylic acid groups (broad SMARTS) is 1. The van der Waals surface area contributed by atoms with Crippen molar-refractivity contribution in [2.24, 2.45) is 0 Å². The summed E-state index contributed by atoms with van der Waals surface area (Å²) in [6.45, 7) is -0.229. The van der Waals surface area contributed by atoms with Crippen LogP contribution in [0.2, 0.25) is 0 Å².